The molecule has 7 heteroatoms. The van der Waals surface area contributed by atoms with Gasteiger partial charge in [-0.1, -0.05) is 0 Å². The Morgan fingerprint density at radius 2 is 1.69 bits per heavy atom. The Labute approximate surface area is 72.1 Å². The van der Waals surface area contributed by atoms with E-state index in [2.05, 4.69) is 10.1 Å². The third-order valence-corrected chi connectivity index (χ3v) is 1.19. The third-order valence-electron chi connectivity index (χ3n) is 1.19. The van der Waals surface area contributed by atoms with Crippen LogP contribution in [0.1, 0.15) is 0 Å². The van der Waals surface area contributed by atoms with Crippen molar-refractivity contribution in [3.05, 3.63) is 0 Å². The lowest BCUT2D eigenvalue weighted by atomic mass is 10.3. The average Bonchev–Trinajstić information content (AvgIpc) is 1.96. The molecule has 0 radical (unpaired) electrons. The van der Waals surface area contributed by atoms with E-state index in [0.717, 1.165) is 0 Å². The molecular formula is C6H10F5NO. The minimum absolute atomic E-state index is 0.178. The number of ether oxygens (including phenoxy) is 1. The molecule has 1 N–H and O–H groups in total. The quantitative estimate of drug-likeness (QED) is 0.543. The number of likely N-dealkylation sites (N-methyl/N-ethyl adjacent to an activating group) is 1. The van der Waals surface area contributed by atoms with Gasteiger partial charge in [-0.3, -0.25) is 0 Å². The average molecular weight is 207 g/mol. The highest BCUT2D eigenvalue weighted by Gasteiger charge is 2.57. The summed E-state index contributed by atoms with van der Waals surface area (Å²) < 4.78 is 62.8. The predicted octanol–water partition coefficient (Wildman–Crippen LogP) is 1.42. The number of nitrogens with one attached hydrogen (secondary N) is 1. The summed E-state index contributed by atoms with van der Waals surface area (Å²) in [6.45, 7) is -1.58. The van der Waals surface area contributed by atoms with Crippen LogP contribution in [0.2, 0.25) is 0 Å². The molecule has 0 saturated carbocycles. The van der Waals surface area contributed by atoms with Crippen LogP contribution >= 0.6 is 0 Å². The molecule has 13 heavy (non-hydrogen) atoms. The lowest BCUT2D eigenvalue weighted by molar-refractivity contribution is -0.296. The second-order valence-corrected chi connectivity index (χ2v) is 2.36. The molecular weight excluding hydrogens is 197 g/mol. The van der Waals surface area contributed by atoms with Crippen molar-refractivity contribution in [2.75, 3.05) is 26.8 Å². The highest BCUT2D eigenvalue weighted by Crippen LogP contribution is 2.35. The Morgan fingerprint density at radius 3 is 2.08 bits per heavy atom. The van der Waals surface area contributed by atoms with Gasteiger partial charge in [-0.25, -0.2) is 0 Å². The van der Waals surface area contributed by atoms with Gasteiger partial charge in [-0.15, -0.1) is 0 Å². The van der Waals surface area contributed by atoms with Crippen molar-refractivity contribution in [2.24, 2.45) is 0 Å². The summed E-state index contributed by atoms with van der Waals surface area (Å²) in [5.74, 6) is -4.76. The van der Waals surface area contributed by atoms with Gasteiger partial charge in [0.05, 0.1) is 6.61 Å². The topological polar surface area (TPSA) is 21.3 Å². The SMILES string of the molecule is CNCCOCC(F)(F)C(F)(F)F. The van der Waals surface area contributed by atoms with Gasteiger partial charge in [0.15, 0.2) is 0 Å². The normalized spacial score (nSPS) is 13.4. The molecule has 0 aliphatic carbocycles. The molecule has 0 bridgehead atoms. The molecule has 0 aromatic heterocycles. The van der Waals surface area contributed by atoms with E-state index < -0.39 is 18.7 Å². The van der Waals surface area contributed by atoms with Crippen LogP contribution < -0.4 is 5.32 Å². The minimum Gasteiger partial charge on any atom is -0.373 e. The predicted molar refractivity (Wildman–Crippen MR) is 35.7 cm³/mol. The Hall–Kier alpha value is -0.430. The van der Waals surface area contributed by atoms with E-state index in [-0.39, 0.29) is 13.2 Å². The molecule has 0 aliphatic rings. The van der Waals surface area contributed by atoms with Crippen LogP contribution in [-0.4, -0.2) is 38.9 Å². The van der Waals surface area contributed by atoms with E-state index in [9.17, 15) is 22.0 Å². The lowest BCUT2D eigenvalue weighted by Gasteiger charge is -2.19. The Kier molecular flexibility index (Phi) is 4.55. The maximum absolute atomic E-state index is 12.1. The second kappa shape index (κ2) is 4.71. The van der Waals surface area contributed by atoms with Crippen molar-refractivity contribution in [1.29, 1.82) is 0 Å². The number of hydrogen-bond acceptors (Lipinski definition) is 2. The molecule has 0 aromatic carbocycles. The molecule has 2 nitrogen and oxygen atoms in total. The first-order valence-electron chi connectivity index (χ1n) is 3.48. The molecule has 0 aromatic rings. The lowest BCUT2D eigenvalue weighted by Crippen LogP contribution is -2.41. The smallest absolute Gasteiger partial charge is 0.373 e. The Morgan fingerprint density at radius 1 is 1.15 bits per heavy atom. The van der Waals surface area contributed by atoms with Gasteiger partial charge in [-0.2, -0.15) is 22.0 Å². The van der Waals surface area contributed by atoms with E-state index >= 15 is 0 Å². The molecule has 0 heterocycles. The maximum atomic E-state index is 12.1. The van der Waals surface area contributed by atoms with Crippen molar-refractivity contribution in [2.45, 2.75) is 12.1 Å². The molecule has 0 aliphatic heterocycles. The van der Waals surface area contributed by atoms with E-state index in [1.54, 1.807) is 0 Å². The standard InChI is InChI=1S/C6H10F5NO/c1-12-2-3-13-4-5(7,8)6(9,10)11/h12H,2-4H2,1H3. The monoisotopic (exact) mass is 207 g/mol. The molecule has 0 atom stereocenters. The van der Waals surface area contributed by atoms with Crippen LogP contribution in [0.4, 0.5) is 22.0 Å². The van der Waals surface area contributed by atoms with E-state index in [1.807, 2.05) is 0 Å². The van der Waals surface area contributed by atoms with Gasteiger partial charge in [0.25, 0.3) is 0 Å². The van der Waals surface area contributed by atoms with Crippen LogP contribution in [0, 0.1) is 0 Å². The van der Waals surface area contributed by atoms with Crippen molar-refractivity contribution >= 4 is 0 Å². The van der Waals surface area contributed by atoms with Gasteiger partial charge in [-0.05, 0) is 7.05 Å². The highest BCUT2D eigenvalue weighted by molar-refractivity contribution is 4.74. The minimum atomic E-state index is -5.54. The zero-order valence-electron chi connectivity index (χ0n) is 6.92. The Bertz CT molecular complexity index is 146. The molecule has 0 amide bonds. The summed E-state index contributed by atoms with van der Waals surface area (Å²) in [5, 5.41) is 2.54. The first-order valence-corrected chi connectivity index (χ1v) is 3.48. The van der Waals surface area contributed by atoms with Crippen molar-refractivity contribution < 1.29 is 26.7 Å². The summed E-state index contributed by atoms with van der Waals surface area (Å²) in [4.78, 5) is 0. The fourth-order valence-electron chi connectivity index (χ4n) is 0.456. The number of alkyl halides is 5. The van der Waals surface area contributed by atoms with Crippen LogP contribution in [0.5, 0.6) is 0 Å². The van der Waals surface area contributed by atoms with Crippen LogP contribution in [-0.2, 0) is 4.74 Å². The van der Waals surface area contributed by atoms with Crippen molar-refractivity contribution in [3.8, 4) is 0 Å². The van der Waals surface area contributed by atoms with E-state index in [0.29, 0.717) is 0 Å². The Balaban J connectivity index is 3.77. The van der Waals surface area contributed by atoms with Crippen LogP contribution in [0.15, 0.2) is 0 Å². The number of halogens is 5. The third kappa shape index (κ3) is 4.37. The number of rotatable bonds is 5. The second-order valence-electron chi connectivity index (χ2n) is 2.36. The van der Waals surface area contributed by atoms with E-state index in [4.69, 9.17) is 0 Å². The summed E-state index contributed by atoms with van der Waals surface area (Å²) in [7, 11) is 1.53. The molecule has 0 unspecified atom stereocenters. The number of hydrogen-bond donors (Lipinski definition) is 1. The molecule has 0 saturated heterocycles. The van der Waals surface area contributed by atoms with Gasteiger partial charge in [0.1, 0.15) is 6.61 Å². The van der Waals surface area contributed by atoms with Crippen LogP contribution in [0.3, 0.4) is 0 Å². The summed E-state index contributed by atoms with van der Waals surface area (Å²) >= 11 is 0. The molecule has 0 rings (SSSR count). The van der Waals surface area contributed by atoms with Gasteiger partial charge in [0, 0.05) is 6.54 Å². The van der Waals surface area contributed by atoms with Gasteiger partial charge in [0.2, 0.25) is 0 Å². The largest absolute Gasteiger partial charge is 0.455 e. The maximum Gasteiger partial charge on any atom is 0.455 e. The van der Waals surface area contributed by atoms with Gasteiger partial charge >= 0.3 is 12.1 Å². The first kappa shape index (κ1) is 12.6. The van der Waals surface area contributed by atoms with Gasteiger partial charge < -0.3 is 10.1 Å². The summed E-state index contributed by atoms with van der Waals surface area (Å²) in [5.41, 5.74) is 0. The molecule has 0 spiro atoms. The van der Waals surface area contributed by atoms with E-state index in [1.165, 1.54) is 7.05 Å². The van der Waals surface area contributed by atoms with Crippen LogP contribution in [0.25, 0.3) is 0 Å². The molecule has 80 valence electrons. The highest BCUT2D eigenvalue weighted by atomic mass is 19.4. The first-order chi connectivity index (χ1) is 5.81. The fraction of sp³-hybridized carbons (Fsp3) is 1.00. The zero-order chi connectivity index (χ0) is 10.5. The summed E-state index contributed by atoms with van der Waals surface area (Å²) in [6.07, 6.45) is -5.54. The zero-order valence-corrected chi connectivity index (χ0v) is 6.92. The fourth-order valence-corrected chi connectivity index (χ4v) is 0.456. The van der Waals surface area contributed by atoms with Crippen molar-refractivity contribution in [3.63, 3.8) is 0 Å². The molecule has 0 fully saturated rings. The summed E-state index contributed by atoms with van der Waals surface area (Å²) in [6, 6.07) is 0. The van der Waals surface area contributed by atoms with Crippen molar-refractivity contribution in [1.82, 2.24) is 5.32 Å².